The van der Waals surface area contributed by atoms with Crippen molar-refractivity contribution in [2.45, 2.75) is 32.3 Å². The first-order valence-electron chi connectivity index (χ1n) is 9.16. The van der Waals surface area contributed by atoms with Crippen LogP contribution < -0.4 is 10.1 Å². The van der Waals surface area contributed by atoms with Crippen molar-refractivity contribution in [2.24, 2.45) is 0 Å². The smallest absolute Gasteiger partial charge is 0.265 e. The first-order chi connectivity index (χ1) is 13.0. The molecule has 1 N–H and O–H groups in total. The Labute approximate surface area is 167 Å². The first kappa shape index (κ1) is 19.4. The number of halogens is 1. The fourth-order valence-electron chi connectivity index (χ4n) is 3.05. The number of para-hydroxylation sites is 1. The summed E-state index contributed by atoms with van der Waals surface area (Å²) in [6.45, 7) is 3.22. The van der Waals surface area contributed by atoms with Gasteiger partial charge in [-0.05, 0) is 62.6 Å². The van der Waals surface area contributed by atoms with Crippen LogP contribution in [0, 0.1) is 0 Å². The minimum atomic E-state index is -0.690. The molecule has 0 saturated carbocycles. The summed E-state index contributed by atoms with van der Waals surface area (Å²) in [4.78, 5) is 27.3. The Balaban J connectivity index is 1.68. The predicted octanol–water partition coefficient (Wildman–Crippen LogP) is 4.48. The molecule has 0 aliphatic carbocycles. The molecule has 1 aliphatic rings. The summed E-state index contributed by atoms with van der Waals surface area (Å²) in [6, 6.07) is 14.4. The number of hydrogen-bond acceptors (Lipinski definition) is 3. The van der Waals surface area contributed by atoms with Gasteiger partial charge in [0.1, 0.15) is 5.75 Å². The molecular weight excluding hydrogens is 408 g/mol. The fourth-order valence-corrected chi connectivity index (χ4v) is 3.32. The Morgan fingerprint density at radius 3 is 2.41 bits per heavy atom. The molecule has 0 unspecified atom stereocenters. The van der Waals surface area contributed by atoms with E-state index < -0.39 is 6.10 Å². The van der Waals surface area contributed by atoms with Crippen LogP contribution in [0.15, 0.2) is 53.0 Å². The summed E-state index contributed by atoms with van der Waals surface area (Å²) < 4.78 is 6.63. The summed E-state index contributed by atoms with van der Waals surface area (Å²) >= 11 is 3.37. The average molecular weight is 431 g/mol. The van der Waals surface area contributed by atoms with Gasteiger partial charge in [0.15, 0.2) is 6.10 Å². The van der Waals surface area contributed by atoms with E-state index in [1.807, 2.05) is 29.2 Å². The van der Waals surface area contributed by atoms with Gasteiger partial charge in [0.05, 0.1) is 11.3 Å². The average Bonchev–Trinajstić information content (AvgIpc) is 2.70. The molecule has 5 nitrogen and oxygen atoms in total. The molecule has 0 radical (unpaired) electrons. The van der Waals surface area contributed by atoms with E-state index in [-0.39, 0.29) is 11.8 Å². The lowest BCUT2D eigenvalue weighted by molar-refractivity contribution is -0.122. The predicted molar refractivity (Wildman–Crippen MR) is 109 cm³/mol. The van der Waals surface area contributed by atoms with Crippen molar-refractivity contribution in [3.8, 4) is 5.75 Å². The zero-order valence-corrected chi connectivity index (χ0v) is 16.9. The van der Waals surface area contributed by atoms with Gasteiger partial charge in [-0.25, -0.2) is 0 Å². The molecule has 2 amide bonds. The van der Waals surface area contributed by atoms with Gasteiger partial charge in [0, 0.05) is 17.6 Å². The molecule has 1 saturated heterocycles. The van der Waals surface area contributed by atoms with Gasteiger partial charge in [-0.2, -0.15) is 0 Å². The quantitative estimate of drug-likeness (QED) is 0.760. The summed E-state index contributed by atoms with van der Waals surface area (Å²) in [5, 5.41) is 2.84. The molecule has 6 heteroatoms. The van der Waals surface area contributed by atoms with Crippen molar-refractivity contribution in [1.29, 1.82) is 0 Å². The van der Waals surface area contributed by atoms with Crippen LogP contribution in [0.25, 0.3) is 0 Å². The summed E-state index contributed by atoms with van der Waals surface area (Å²) in [5.41, 5.74) is 1.04. The fraction of sp³-hybridized carbons (Fsp3) is 0.333. The van der Waals surface area contributed by atoms with E-state index in [4.69, 9.17) is 4.74 Å². The first-order valence-corrected chi connectivity index (χ1v) is 9.95. The molecule has 2 aromatic carbocycles. The molecule has 2 aromatic rings. The van der Waals surface area contributed by atoms with Crippen molar-refractivity contribution >= 4 is 33.4 Å². The van der Waals surface area contributed by atoms with E-state index in [1.165, 1.54) is 0 Å². The van der Waals surface area contributed by atoms with Crippen molar-refractivity contribution in [3.05, 3.63) is 58.6 Å². The van der Waals surface area contributed by atoms with Crippen LogP contribution in [0.3, 0.4) is 0 Å². The molecule has 3 rings (SSSR count). The topological polar surface area (TPSA) is 58.6 Å². The third-order valence-corrected chi connectivity index (χ3v) is 5.08. The number of rotatable bonds is 5. The van der Waals surface area contributed by atoms with Crippen LogP contribution in [0.5, 0.6) is 5.75 Å². The lowest BCUT2D eigenvalue weighted by Crippen LogP contribution is -2.36. The standard InChI is InChI=1S/C21H23BrN2O3/c1-15(27-17-11-9-16(22)10-12-17)20(25)23-19-8-4-3-7-18(19)21(26)24-13-5-2-6-14-24/h3-4,7-12,15H,2,5-6,13-14H2,1H3,(H,23,25)/t15-/m1/s1. The zero-order valence-electron chi connectivity index (χ0n) is 15.3. The normalized spacial score (nSPS) is 15.1. The van der Waals surface area contributed by atoms with Crippen molar-refractivity contribution in [1.82, 2.24) is 4.90 Å². The van der Waals surface area contributed by atoms with Crippen LogP contribution in [0.4, 0.5) is 5.69 Å². The van der Waals surface area contributed by atoms with Gasteiger partial charge in [0.2, 0.25) is 0 Å². The van der Waals surface area contributed by atoms with Gasteiger partial charge in [-0.3, -0.25) is 9.59 Å². The number of hydrogen-bond donors (Lipinski definition) is 1. The molecule has 0 spiro atoms. The molecule has 1 aliphatic heterocycles. The van der Waals surface area contributed by atoms with Crippen LogP contribution >= 0.6 is 15.9 Å². The Morgan fingerprint density at radius 2 is 1.70 bits per heavy atom. The number of nitrogens with zero attached hydrogens (tertiary/aromatic N) is 1. The number of benzene rings is 2. The highest BCUT2D eigenvalue weighted by molar-refractivity contribution is 9.10. The van der Waals surface area contributed by atoms with Crippen molar-refractivity contribution in [2.75, 3.05) is 18.4 Å². The number of ether oxygens (including phenoxy) is 1. The molecule has 1 heterocycles. The summed E-state index contributed by atoms with van der Waals surface area (Å²) in [7, 11) is 0. The summed E-state index contributed by atoms with van der Waals surface area (Å²) in [6.07, 6.45) is 2.52. The maximum Gasteiger partial charge on any atom is 0.265 e. The Morgan fingerprint density at radius 1 is 1.04 bits per heavy atom. The molecular formula is C21H23BrN2O3. The van der Waals surface area contributed by atoms with Gasteiger partial charge in [-0.15, -0.1) is 0 Å². The number of anilines is 1. The third kappa shape index (κ3) is 5.10. The Kier molecular flexibility index (Phi) is 6.50. The molecule has 1 atom stereocenters. The minimum Gasteiger partial charge on any atom is -0.481 e. The van der Waals surface area contributed by atoms with Gasteiger partial charge < -0.3 is 15.0 Å². The van der Waals surface area contributed by atoms with E-state index in [2.05, 4.69) is 21.2 Å². The van der Waals surface area contributed by atoms with Crippen molar-refractivity contribution in [3.63, 3.8) is 0 Å². The van der Waals surface area contributed by atoms with E-state index in [0.29, 0.717) is 17.0 Å². The van der Waals surface area contributed by atoms with E-state index in [9.17, 15) is 9.59 Å². The number of likely N-dealkylation sites (tertiary alicyclic amines) is 1. The number of carbonyl (C=O) groups is 2. The number of nitrogens with one attached hydrogen (secondary N) is 1. The lowest BCUT2D eigenvalue weighted by Gasteiger charge is -2.27. The third-order valence-electron chi connectivity index (χ3n) is 4.55. The van der Waals surface area contributed by atoms with Gasteiger partial charge >= 0.3 is 0 Å². The van der Waals surface area contributed by atoms with E-state index in [0.717, 1.165) is 36.8 Å². The molecule has 0 bridgehead atoms. The van der Waals surface area contributed by atoms with Crippen LogP contribution in [-0.2, 0) is 4.79 Å². The highest BCUT2D eigenvalue weighted by atomic mass is 79.9. The minimum absolute atomic E-state index is 0.0351. The van der Waals surface area contributed by atoms with Crippen LogP contribution in [0.1, 0.15) is 36.5 Å². The number of carbonyl (C=O) groups excluding carboxylic acids is 2. The highest BCUT2D eigenvalue weighted by Gasteiger charge is 2.22. The molecule has 27 heavy (non-hydrogen) atoms. The second-order valence-electron chi connectivity index (χ2n) is 6.60. The molecule has 142 valence electrons. The SMILES string of the molecule is C[C@@H](Oc1ccc(Br)cc1)C(=O)Nc1ccccc1C(=O)N1CCCCC1. The van der Waals surface area contributed by atoms with E-state index >= 15 is 0 Å². The second-order valence-corrected chi connectivity index (χ2v) is 7.52. The number of amides is 2. The lowest BCUT2D eigenvalue weighted by atomic mass is 10.1. The Hall–Kier alpha value is -2.34. The van der Waals surface area contributed by atoms with Gasteiger partial charge in [-0.1, -0.05) is 28.1 Å². The van der Waals surface area contributed by atoms with Gasteiger partial charge in [0.25, 0.3) is 11.8 Å². The van der Waals surface area contributed by atoms with Crippen molar-refractivity contribution < 1.29 is 14.3 Å². The highest BCUT2D eigenvalue weighted by Crippen LogP contribution is 2.21. The second kappa shape index (κ2) is 9.04. The van der Waals surface area contributed by atoms with Crippen LogP contribution in [0.2, 0.25) is 0 Å². The van der Waals surface area contributed by atoms with E-state index in [1.54, 1.807) is 31.2 Å². The molecule has 0 aromatic heterocycles. The molecule has 1 fully saturated rings. The number of piperidine rings is 1. The van der Waals surface area contributed by atoms with Crippen LogP contribution in [-0.4, -0.2) is 35.9 Å². The Bertz CT molecular complexity index is 801. The maximum absolute atomic E-state index is 12.8. The largest absolute Gasteiger partial charge is 0.481 e. The monoisotopic (exact) mass is 430 g/mol. The summed E-state index contributed by atoms with van der Waals surface area (Å²) in [5.74, 6) is 0.280. The maximum atomic E-state index is 12.8. The zero-order chi connectivity index (χ0) is 19.2.